The highest BCUT2D eigenvalue weighted by molar-refractivity contribution is 5.92. The van der Waals surface area contributed by atoms with Gasteiger partial charge in [0.25, 0.3) is 0 Å². The number of aliphatic hydroxyl groups is 1. The van der Waals surface area contributed by atoms with Crippen molar-refractivity contribution < 1.29 is 9.90 Å². The number of rotatable bonds is 5. The zero-order chi connectivity index (χ0) is 15.4. The minimum absolute atomic E-state index is 0.0238. The van der Waals surface area contributed by atoms with E-state index in [1.807, 2.05) is 32.0 Å². The smallest absolute Gasteiger partial charge is 0.238 e. The van der Waals surface area contributed by atoms with E-state index in [4.69, 9.17) is 0 Å². The van der Waals surface area contributed by atoms with Crippen molar-refractivity contribution in [3.63, 3.8) is 0 Å². The molecule has 1 amide bonds. The van der Waals surface area contributed by atoms with Gasteiger partial charge in [-0.15, -0.1) is 0 Å². The van der Waals surface area contributed by atoms with Crippen LogP contribution in [0, 0.1) is 13.8 Å². The van der Waals surface area contributed by atoms with Crippen molar-refractivity contribution in [1.29, 1.82) is 0 Å². The van der Waals surface area contributed by atoms with Crippen LogP contribution in [0.5, 0.6) is 0 Å². The fourth-order valence-electron chi connectivity index (χ4n) is 2.97. The summed E-state index contributed by atoms with van der Waals surface area (Å²) in [5, 5.41) is 12.5. The topological polar surface area (TPSA) is 52.6 Å². The van der Waals surface area contributed by atoms with Gasteiger partial charge in [-0.05, 0) is 69.8 Å². The molecule has 1 aliphatic rings. The highest BCUT2D eigenvalue weighted by Gasteiger charge is 2.27. The van der Waals surface area contributed by atoms with Gasteiger partial charge < -0.3 is 10.4 Å². The van der Waals surface area contributed by atoms with Crippen molar-refractivity contribution in [2.24, 2.45) is 0 Å². The number of carbonyl (C=O) groups is 1. The van der Waals surface area contributed by atoms with E-state index in [9.17, 15) is 9.90 Å². The Balaban J connectivity index is 1.90. The van der Waals surface area contributed by atoms with Crippen LogP contribution in [0.15, 0.2) is 18.2 Å². The van der Waals surface area contributed by atoms with E-state index in [1.54, 1.807) is 0 Å². The Morgan fingerprint density at radius 2 is 2.19 bits per heavy atom. The first-order valence-electron chi connectivity index (χ1n) is 7.75. The Bertz CT molecular complexity index is 500. The molecule has 2 atom stereocenters. The molecule has 0 saturated carbocycles. The van der Waals surface area contributed by atoms with Crippen molar-refractivity contribution in [1.82, 2.24) is 4.90 Å². The molecule has 1 aromatic carbocycles. The van der Waals surface area contributed by atoms with E-state index in [-0.39, 0.29) is 12.0 Å². The predicted molar refractivity (Wildman–Crippen MR) is 85.4 cm³/mol. The second kappa shape index (κ2) is 7.05. The maximum Gasteiger partial charge on any atom is 0.238 e. The lowest BCUT2D eigenvalue weighted by Crippen LogP contribution is -2.38. The monoisotopic (exact) mass is 290 g/mol. The Hall–Kier alpha value is -1.39. The average molecular weight is 290 g/mol. The summed E-state index contributed by atoms with van der Waals surface area (Å²) in [5.41, 5.74) is 3.26. The minimum Gasteiger partial charge on any atom is -0.393 e. The van der Waals surface area contributed by atoms with E-state index in [1.165, 1.54) is 11.1 Å². The third-order valence-electron chi connectivity index (χ3n) is 4.25. The summed E-state index contributed by atoms with van der Waals surface area (Å²) in [4.78, 5) is 14.4. The number of hydrogen-bond acceptors (Lipinski definition) is 3. The van der Waals surface area contributed by atoms with Crippen LogP contribution in [0.1, 0.15) is 37.3 Å². The van der Waals surface area contributed by atoms with Crippen molar-refractivity contribution in [2.75, 3.05) is 18.4 Å². The van der Waals surface area contributed by atoms with Gasteiger partial charge in [0, 0.05) is 11.7 Å². The van der Waals surface area contributed by atoms with Crippen molar-refractivity contribution in [2.45, 2.75) is 52.2 Å². The van der Waals surface area contributed by atoms with Crippen molar-refractivity contribution in [3.8, 4) is 0 Å². The number of aryl methyl sites for hydroxylation is 2. The Morgan fingerprint density at radius 3 is 2.86 bits per heavy atom. The second-order valence-corrected chi connectivity index (χ2v) is 6.20. The van der Waals surface area contributed by atoms with E-state index >= 15 is 0 Å². The van der Waals surface area contributed by atoms with Gasteiger partial charge in [-0.25, -0.2) is 0 Å². The molecular weight excluding hydrogens is 264 g/mol. The lowest BCUT2D eigenvalue weighted by molar-refractivity contribution is -0.117. The Morgan fingerprint density at radius 1 is 1.43 bits per heavy atom. The number of carbonyl (C=O) groups excluding carboxylic acids is 1. The Labute approximate surface area is 127 Å². The number of benzene rings is 1. The predicted octanol–water partition coefficient (Wildman–Crippen LogP) is 2.48. The van der Waals surface area contributed by atoms with E-state index in [0.29, 0.717) is 12.6 Å². The minimum atomic E-state index is -0.307. The average Bonchev–Trinajstić information content (AvgIpc) is 2.80. The molecule has 21 heavy (non-hydrogen) atoms. The molecule has 116 valence electrons. The summed E-state index contributed by atoms with van der Waals surface area (Å²) in [6, 6.07) is 6.30. The summed E-state index contributed by atoms with van der Waals surface area (Å²) in [6.45, 7) is 7.27. The van der Waals surface area contributed by atoms with Crippen LogP contribution < -0.4 is 5.32 Å². The molecule has 0 bridgehead atoms. The molecule has 0 radical (unpaired) electrons. The molecule has 4 heteroatoms. The van der Waals surface area contributed by atoms with Crippen molar-refractivity contribution in [3.05, 3.63) is 29.3 Å². The van der Waals surface area contributed by atoms with Crippen LogP contribution in [0.25, 0.3) is 0 Å². The van der Waals surface area contributed by atoms with Gasteiger partial charge in [0.15, 0.2) is 0 Å². The van der Waals surface area contributed by atoms with Crippen LogP contribution in [0.3, 0.4) is 0 Å². The maximum atomic E-state index is 12.2. The summed E-state index contributed by atoms with van der Waals surface area (Å²) in [5.74, 6) is 0.0238. The number of anilines is 1. The molecule has 2 rings (SSSR count). The van der Waals surface area contributed by atoms with E-state index in [0.717, 1.165) is 31.5 Å². The number of hydrogen-bond donors (Lipinski definition) is 2. The quantitative estimate of drug-likeness (QED) is 0.876. The lowest BCUT2D eigenvalue weighted by Gasteiger charge is -2.24. The number of aliphatic hydroxyl groups excluding tert-OH is 1. The largest absolute Gasteiger partial charge is 0.393 e. The Kier molecular flexibility index (Phi) is 5.37. The molecule has 2 unspecified atom stereocenters. The number of nitrogens with zero attached hydrogens (tertiary/aromatic N) is 1. The molecule has 4 nitrogen and oxygen atoms in total. The van der Waals surface area contributed by atoms with E-state index < -0.39 is 0 Å². The summed E-state index contributed by atoms with van der Waals surface area (Å²) < 4.78 is 0. The zero-order valence-corrected chi connectivity index (χ0v) is 13.2. The van der Waals surface area contributed by atoms with Gasteiger partial charge in [0.05, 0.1) is 12.6 Å². The number of amides is 1. The van der Waals surface area contributed by atoms with Crippen LogP contribution in [0.2, 0.25) is 0 Å². The maximum absolute atomic E-state index is 12.2. The highest BCUT2D eigenvalue weighted by atomic mass is 16.3. The van der Waals surface area contributed by atoms with E-state index in [2.05, 4.69) is 17.1 Å². The van der Waals surface area contributed by atoms with Crippen LogP contribution in [-0.4, -0.2) is 41.1 Å². The molecule has 0 spiro atoms. The molecule has 1 aliphatic heterocycles. The first-order chi connectivity index (χ1) is 9.95. The first kappa shape index (κ1) is 16.0. The molecule has 2 N–H and O–H groups in total. The summed E-state index contributed by atoms with van der Waals surface area (Å²) in [6.07, 6.45) is 2.62. The molecule has 1 fully saturated rings. The third-order valence-corrected chi connectivity index (χ3v) is 4.25. The fraction of sp³-hybridized carbons (Fsp3) is 0.588. The van der Waals surface area contributed by atoms with Gasteiger partial charge in [-0.2, -0.15) is 0 Å². The summed E-state index contributed by atoms with van der Waals surface area (Å²) in [7, 11) is 0. The molecule has 1 heterocycles. The second-order valence-electron chi connectivity index (χ2n) is 6.20. The van der Waals surface area contributed by atoms with Gasteiger partial charge >= 0.3 is 0 Å². The summed E-state index contributed by atoms with van der Waals surface area (Å²) >= 11 is 0. The van der Waals surface area contributed by atoms with Crippen LogP contribution >= 0.6 is 0 Å². The van der Waals surface area contributed by atoms with Gasteiger partial charge in [-0.1, -0.05) is 6.07 Å². The van der Waals surface area contributed by atoms with Crippen LogP contribution in [-0.2, 0) is 4.79 Å². The standard InChI is InChI=1S/C17H26N2O2/c1-12-6-7-15(9-13(12)2)18-17(21)11-19-8-4-5-16(19)10-14(3)20/h6-7,9,14,16,20H,4-5,8,10-11H2,1-3H3,(H,18,21). The normalized spacial score (nSPS) is 20.5. The first-order valence-corrected chi connectivity index (χ1v) is 7.75. The third kappa shape index (κ3) is 4.55. The molecular formula is C17H26N2O2. The number of nitrogens with one attached hydrogen (secondary N) is 1. The van der Waals surface area contributed by atoms with Gasteiger partial charge in [-0.3, -0.25) is 9.69 Å². The van der Waals surface area contributed by atoms with Gasteiger partial charge in [0.1, 0.15) is 0 Å². The zero-order valence-electron chi connectivity index (χ0n) is 13.2. The molecule has 0 aromatic heterocycles. The SMILES string of the molecule is Cc1ccc(NC(=O)CN2CCCC2CC(C)O)cc1C. The highest BCUT2D eigenvalue weighted by Crippen LogP contribution is 2.21. The van der Waals surface area contributed by atoms with Crippen LogP contribution in [0.4, 0.5) is 5.69 Å². The van der Waals surface area contributed by atoms with Crippen molar-refractivity contribution >= 4 is 11.6 Å². The molecule has 0 aliphatic carbocycles. The van der Waals surface area contributed by atoms with Gasteiger partial charge in [0.2, 0.25) is 5.91 Å². The molecule has 1 aromatic rings. The lowest BCUT2D eigenvalue weighted by atomic mass is 10.1. The fourth-order valence-corrected chi connectivity index (χ4v) is 2.97. The number of likely N-dealkylation sites (tertiary alicyclic amines) is 1. The molecule has 1 saturated heterocycles.